The van der Waals surface area contributed by atoms with E-state index in [4.69, 9.17) is 4.74 Å². The maximum atomic E-state index is 9.68. The molecule has 0 amide bonds. The van der Waals surface area contributed by atoms with Crippen molar-refractivity contribution in [2.24, 2.45) is 11.8 Å². The third-order valence-corrected chi connectivity index (χ3v) is 4.34. The molecule has 1 spiro atoms. The molecule has 1 aliphatic heterocycles. The van der Waals surface area contributed by atoms with E-state index in [1.165, 1.54) is 25.7 Å². The zero-order valence-corrected chi connectivity index (χ0v) is 8.04. The minimum atomic E-state index is -0.0897. The molecule has 74 valence electrons. The van der Waals surface area contributed by atoms with Crippen LogP contribution in [-0.4, -0.2) is 23.4 Å². The Morgan fingerprint density at radius 2 is 2.08 bits per heavy atom. The van der Waals surface area contributed by atoms with E-state index in [1.807, 2.05) is 0 Å². The molecule has 0 radical (unpaired) electrons. The minimum absolute atomic E-state index is 0.0897. The molecule has 2 bridgehead atoms. The molecule has 0 aromatic carbocycles. The van der Waals surface area contributed by atoms with Crippen LogP contribution in [-0.2, 0) is 4.74 Å². The molecule has 2 saturated carbocycles. The molecule has 13 heavy (non-hydrogen) atoms. The van der Waals surface area contributed by atoms with Crippen LogP contribution in [0.4, 0.5) is 0 Å². The number of aliphatic hydroxyl groups is 1. The van der Waals surface area contributed by atoms with Crippen LogP contribution in [0, 0.1) is 11.8 Å². The summed E-state index contributed by atoms with van der Waals surface area (Å²) in [5.41, 5.74) is 0.112. The highest BCUT2D eigenvalue weighted by atomic mass is 16.5. The van der Waals surface area contributed by atoms with Crippen LogP contribution in [0.25, 0.3) is 0 Å². The number of hydrogen-bond donors (Lipinski definition) is 1. The monoisotopic (exact) mass is 182 g/mol. The van der Waals surface area contributed by atoms with E-state index < -0.39 is 0 Å². The van der Waals surface area contributed by atoms with Gasteiger partial charge in [0.05, 0.1) is 11.7 Å². The summed E-state index contributed by atoms with van der Waals surface area (Å²) in [4.78, 5) is 0. The van der Waals surface area contributed by atoms with Gasteiger partial charge in [-0.15, -0.1) is 0 Å². The molecule has 1 N–H and O–H groups in total. The van der Waals surface area contributed by atoms with Gasteiger partial charge in [0, 0.05) is 13.0 Å². The number of aliphatic hydroxyl groups excluding tert-OH is 1. The van der Waals surface area contributed by atoms with Gasteiger partial charge in [-0.3, -0.25) is 0 Å². The second kappa shape index (κ2) is 2.71. The topological polar surface area (TPSA) is 29.5 Å². The molecule has 3 fully saturated rings. The molecule has 0 aromatic rings. The van der Waals surface area contributed by atoms with E-state index in [2.05, 4.69) is 0 Å². The first kappa shape index (κ1) is 8.25. The molecule has 2 nitrogen and oxygen atoms in total. The SMILES string of the molecule is OC1CCOC2(C1)CC1CCC2C1. The van der Waals surface area contributed by atoms with Gasteiger partial charge < -0.3 is 9.84 Å². The van der Waals surface area contributed by atoms with Crippen LogP contribution in [0.1, 0.15) is 38.5 Å². The Hall–Kier alpha value is -0.0800. The van der Waals surface area contributed by atoms with Crippen LogP contribution in [0.15, 0.2) is 0 Å². The third kappa shape index (κ3) is 1.15. The Morgan fingerprint density at radius 1 is 1.15 bits per heavy atom. The molecule has 2 aliphatic carbocycles. The van der Waals surface area contributed by atoms with Gasteiger partial charge in [-0.1, -0.05) is 0 Å². The van der Waals surface area contributed by atoms with Crippen molar-refractivity contribution in [2.75, 3.05) is 6.61 Å². The number of fused-ring (bicyclic) bond motifs is 3. The highest BCUT2D eigenvalue weighted by Crippen LogP contribution is 2.55. The van der Waals surface area contributed by atoms with Gasteiger partial charge in [-0.2, -0.15) is 0 Å². The van der Waals surface area contributed by atoms with E-state index in [1.54, 1.807) is 0 Å². The van der Waals surface area contributed by atoms with Crippen LogP contribution in [0.5, 0.6) is 0 Å². The van der Waals surface area contributed by atoms with Crippen LogP contribution >= 0.6 is 0 Å². The Balaban J connectivity index is 1.81. The fourth-order valence-electron chi connectivity index (χ4n) is 3.78. The number of hydrogen-bond acceptors (Lipinski definition) is 2. The first-order valence-corrected chi connectivity index (χ1v) is 5.60. The van der Waals surface area contributed by atoms with Crippen LogP contribution < -0.4 is 0 Å². The fraction of sp³-hybridized carbons (Fsp3) is 1.00. The first-order valence-electron chi connectivity index (χ1n) is 5.60. The lowest BCUT2D eigenvalue weighted by Crippen LogP contribution is -2.45. The summed E-state index contributed by atoms with van der Waals surface area (Å²) >= 11 is 0. The molecule has 3 aliphatic rings. The molecule has 4 atom stereocenters. The summed E-state index contributed by atoms with van der Waals surface area (Å²) < 4.78 is 5.97. The molecular weight excluding hydrogens is 164 g/mol. The van der Waals surface area contributed by atoms with Gasteiger partial charge in [0.15, 0.2) is 0 Å². The van der Waals surface area contributed by atoms with Crippen molar-refractivity contribution >= 4 is 0 Å². The standard InChI is InChI=1S/C11H18O2/c12-10-3-4-13-11(7-10)6-8-1-2-9(11)5-8/h8-10,12H,1-7H2. The van der Waals surface area contributed by atoms with Crippen molar-refractivity contribution in [3.8, 4) is 0 Å². The quantitative estimate of drug-likeness (QED) is 0.618. The van der Waals surface area contributed by atoms with E-state index in [0.717, 1.165) is 31.3 Å². The first-order chi connectivity index (χ1) is 6.28. The Bertz CT molecular complexity index is 216. The van der Waals surface area contributed by atoms with E-state index in [0.29, 0.717) is 0 Å². The average molecular weight is 182 g/mol. The predicted octanol–water partition coefficient (Wildman–Crippen LogP) is 1.72. The summed E-state index contributed by atoms with van der Waals surface area (Å²) in [6.45, 7) is 0.782. The Kier molecular flexibility index (Phi) is 1.72. The zero-order chi connectivity index (χ0) is 8.89. The summed E-state index contributed by atoms with van der Waals surface area (Å²) in [5, 5.41) is 9.68. The summed E-state index contributed by atoms with van der Waals surface area (Å²) in [7, 11) is 0. The lowest BCUT2D eigenvalue weighted by Gasteiger charge is -2.42. The van der Waals surface area contributed by atoms with E-state index in [9.17, 15) is 5.11 Å². The van der Waals surface area contributed by atoms with Gasteiger partial charge >= 0.3 is 0 Å². The molecule has 0 aromatic heterocycles. The lowest BCUT2D eigenvalue weighted by atomic mass is 9.78. The summed E-state index contributed by atoms with van der Waals surface area (Å²) in [6.07, 6.45) is 7.02. The molecule has 3 rings (SSSR count). The molecule has 4 unspecified atom stereocenters. The second-order valence-electron chi connectivity index (χ2n) is 5.14. The fourth-order valence-corrected chi connectivity index (χ4v) is 3.78. The average Bonchev–Trinajstić information content (AvgIpc) is 2.63. The van der Waals surface area contributed by atoms with E-state index in [-0.39, 0.29) is 11.7 Å². The predicted molar refractivity (Wildman–Crippen MR) is 49.4 cm³/mol. The molecule has 2 heteroatoms. The van der Waals surface area contributed by atoms with Crippen molar-refractivity contribution in [2.45, 2.75) is 50.2 Å². The van der Waals surface area contributed by atoms with Gasteiger partial charge in [0.25, 0.3) is 0 Å². The summed E-state index contributed by atoms with van der Waals surface area (Å²) in [6, 6.07) is 0. The largest absolute Gasteiger partial charge is 0.393 e. The summed E-state index contributed by atoms with van der Waals surface area (Å²) in [5.74, 6) is 1.68. The zero-order valence-electron chi connectivity index (χ0n) is 8.04. The molecule has 1 saturated heterocycles. The maximum Gasteiger partial charge on any atom is 0.0737 e. The maximum absolute atomic E-state index is 9.68. The lowest BCUT2D eigenvalue weighted by molar-refractivity contribution is -0.145. The van der Waals surface area contributed by atoms with Crippen molar-refractivity contribution in [3.05, 3.63) is 0 Å². The van der Waals surface area contributed by atoms with Gasteiger partial charge in [0.2, 0.25) is 0 Å². The van der Waals surface area contributed by atoms with Gasteiger partial charge in [-0.05, 0) is 43.9 Å². The normalized spacial score (nSPS) is 54.7. The molecular formula is C11H18O2. The highest BCUT2D eigenvalue weighted by Gasteiger charge is 2.53. The van der Waals surface area contributed by atoms with Crippen molar-refractivity contribution in [1.29, 1.82) is 0 Å². The van der Waals surface area contributed by atoms with Crippen molar-refractivity contribution in [1.82, 2.24) is 0 Å². The van der Waals surface area contributed by atoms with Crippen molar-refractivity contribution < 1.29 is 9.84 Å². The van der Waals surface area contributed by atoms with Crippen molar-refractivity contribution in [3.63, 3.8) is 0 Å². The highest BCUT2D eigenvalue weighted by molar-refractivity contribution is 5.04. The third-order valence-electron chi connectivity index (χ3n) is 4.34. The molecule has 1 heterocycles. The van der Waals surface area contributed by atoms with Crippen LogP contribution in [0.3, 0.4) is 0 Å². The van der Waals surface area contributed by atoms with Gasteiger partial charge in [-0.25, -0.2) is 0 Å². The van der Waals surface area contributed by atoms with E-state index >= 15 is 0 Å². The smallest absolute Gasteiger partial charge is 0.0737 e. The Morgan fingerprint density at radius 3 is 2.69 bits per heavy atom. The number of rotatable bonds is 0. The minimum Gasteiger partial charge on any atom is -0.393 e. The number of ether oxygens (including phenoxy) is 1. The second-order valence-corrected chi connectivity index (χ2v) is 5.14. The van der Waals surface area contributed by atoms with Gasteiger partial charge in [0.1, 0.15) is 0 Å². The van der Waals surface area contributed by atoms with Crippen LogP contribution in [0.2, 0.25) is 0 Å². The Labute approximate surface area is 79.3 Å².